The Balaban J connectivity index is -0.000000468. The van der Waals surface area contributed by atoms with Crippen LogP contribution >= 0.6 is 0 Å². The van der Waals surface area contributed by atoms with E-state index in [-0.39, 0.29) is 27.8 Å². The van der Waals surface area contributed by atoms with Gasteiger partial charge in [0, 0.05) is 34.6 Å². The van der Waals surface area contributed by atoms with Crippen LogP contribution in [-0.2, 0) is 19.2 Å². The highest BCUT2D eigenvalue weighted by Crippen LogP contribution is 2.16. The van der Waals surface area contributed by atoms with Crippen molar-refractivity contribution in [1.29, 1.82) is 0 Å². The van der Waals surface area contributed by atoms with Gasteiger partial charge in [-0.05, 0) is 37.6 Å². The molecule has 1 heterocycles. The number of allylic oxidation sites excluding steroid dienone is 2. The Kier molecular flexibility index (Phi) is 15.2. The van der Waals surface area contributed by atoms with Gasteiger partial charge < -0.3 is 0 Å². The Morgan fingerprint density at radius 1 is 0.865 bits per heavy atom. The Hall–Kier alpha value is -2.32. The van der Waals surface area contributed by atoms with Gasteiger partial charge in [-0.25, -0.2) is 0 Å². The summed E-state index contributed by atoms with van der Waals surface area (Å²) in [6.45, 7) is 26.5. The second-order valence-electron chi connectivity index (χ2n) is 13.1. The fraction of sp³-hybridized carbons (Fsp3) is 0.688. The summed E-state index contributed by atoms with van der Waals surface area (Å²) in [4.78, 5) is 46.3. The molecule has 0 radical (unpaired) electrons. The summed E-state index contributed by atoms with van der Waals surface area (Å²) in [5.41, 5.74) is -1.39. The standard InChI is InChI=1S/C11H19NO.C7H14O.C7H12O.C7H10O/c1-11(2,3)10(13)6-4-7-12-8-5-9-12;3*1-5-6(8)7(2,3)4/h4,6H,5,7-9H2,1-3H3;5H2,1-4H3;5H,1H2,2-4H3;1H,2-4H3/b6-4+;;;/i;;1D2,5D;. The van der Waals surface area contributed by atoms with E-state index in [0.29, 0.717) is 12.2 Å². The van der Waals surface area contributed by atoms with E-state index in [0.717, 1.165) is 6.54 Å². The fourth-order valence-corrected chi connectivity index (χ4v) is 2.06. The summed E-state index contributed by atoms with van der Waals surface area (Å²) in [6.07, 6.45) is 10.5. The van der Waals surface area contributed by atoms with Crippen LogP contribution in [0.5, 0.6) is 0 Å². The third kappa shape index (κ3) is 21.5. The van der Waals surface area contributed by atoms with Crippen molar-refractivity contribution in [3.05, 3.63) is 24.7 Å². The van der Waals surface area contributed by atoms with Crippen LogP contribution in [0.25, 0.3) is 0 Å². The van der Waals surface area contributed by atoms with Crippen LogP contribution in [0.1, 0.15) is 107 Å². The van der Waals surface area contributed by atoms with Gasteiger partial charge in [0.1, 0.15) is 5.78 Å². The molecule has 0 unspecified atom stereocenters. The molecule has 0 bridgehead atoms. The number of rotatable bonds is 5. The zero-order valence-electron chi connectivity index (χ0n) is 28.8. The molecule has 1 aliphatic heterocycles. The highest BCUT2D eigenvalue weighted by atomic mass is 16.1. The third-order valence-corrected chi connectivity index (χ3v) is 5.09. The minimum Gasteiger partial charge on any atom is -0.300 e. The van der Waals surface area contributed by atoms with Crippen LogP contribution in [0.15, 0.2) is 24.7 Å². The first-order chi connectivity index (χ1) is 17.7. The Morgan fingerprint density at radius 2 is 1.32 bits per heavy atom. The van der Waals surface area contributed by atoms with Crippen LogP contribution in [0, 0.1) is 34.0 Å². The van der Waals surface area contributed by atoms with Gasteiger partial charge in [-0.2, -0.15) is 0 Å². The Morgan fingerprint density at radius 3 is 1.49 bits per heavy atom. The highest BCUT2D eigenvalue weighted by Gasteiger charge is 2.19. The number of hydrogen-bond acceptors (Lipinski definition) is 5. The molecule has 1 rings (SSSR count). The van der Waals surface area contributed by atoms with Gasteiger partial charge in [0.05, 0.1) is 4.11 Å². The number of likely N-dealkylation sites (tertiary alicyclic amines) is 1. The molecule has 0 N–H and O–H groups in total. The van der Waals surface area contributed by atoms with E-state index < -0.39 is 23.8 Å². The third-order valence-electron chi connectivity index (χ3n) is 5.09. The molecule has 0 spiro atoms. The number of hydrogen-bond donors (Lipinski definition) is 0. The average Bonchev–Trinajstić information content (AvgIpc) is 2.76. The van der Waals surface area contributed by atoms with Gasteiger partial charge in [-0.1, -0.05) is 103 Å². The maximum atomic E-state index is 11.4. The van der Waals surface area contributed by atoms with Gasteiger partial charge in [-0.3, -0.25) is 24.1 Å². The zero-order valence-corrected chi connectivity index (χ0v) is 25.8. The molecule has 0 amide bonds. The Labute approximate surface area is 232 Å². The fourth-order valence-electron chi connectivity index (χ4n) is 2.06. The van der Waals surface area contributed by atoms with E-state index in [1.165, 1.54) is 19.5 Å². The maximum Gasteiger partial charge on any atom is 0.210 e. The van der Waals surface area contributed by atoms with Crippen molar-refractivity contribution in [3.63, 3.8) is 0 Å². The average molecular weight is 521 g/mol. The molecule has 0 atom stereocenters. The van der Waals surface area contributed by atoms with E-state index in [1.807, 2.05) is 54.5 Å². The molecule has 1 aliphatic rings. The largest absolute Gasteiger partial charge is 0.300 e. The zero-order chi connectivity index (χ0) is 32.7. The van der Waals surface area contributed by atoms with Gasteiger partial charge in [0.2, 0.25) is 5.78 Å². The lowest BCUT2D eigenvalue weighted by atomic mass is 9.90. The minimum absolute atomic E-state index is 0.130. The van der Waals surface area contributed by atoms with E-state index in [9.17, 15) is 19.2 Å². The number of carbonyl (C=O) groups is 4. The first-order valence-electron chi connectivity index (χ1n) is 14.4. The molecule has 1 fully saturated rings. The van der Waals surface area contributed by atoms with E-state index in [2.05, 4.69) is 10.8 Å². The first-order valence-corrected chi connectivity index (χ1v) is 12.9. The summed E-state index contributed by atoms with van der Waals surface area (Å²) in [5, 5.41) is 0. The summed E-state index contributed by atoms with van der Waals surface area (Å²) in [7, 11) is 0. The van der Waals surface area contributed by atoms with E-state index in [1.54, 1.807) is 47.6 Å². The summed E-state index contributed by atoms with van der Waals surface area (Å²) in [5.74, 6) is 2.01. The quantitative estimate of drug-likeness (QED) is 0.224. The Bertz CT molecular complexity index is 937. The molecule has 5 nitrogen and oxygen atoms in total. The van der Waals surface area contributed by atoms with Gasteiger partial charge in [0.25, 0.3) is 0 Å². The first kappa shape index (κ1) is 32.7. The lowest BCUT2D eigenvalue weighted by Gasteiger charge is -2.29. The number of nitrogens with zero attached hydrogens (tertiary/aromatic N) is 1. The van der Waals surface area contributed by atoms with Crippen LogP contribution < -0.4 is 0 Å². The van der Waals surface area contributed by atoms with Crippen molar-refractivity contribution < 1.29 is 23.3 Å². The SMILES string of the molecule is C#CC(=O)C(C)(C)C.CC(C)(C)C(=O)/C=C/CN1CCC1.CCC(=O)C(C)(C)C.[2H]C([2H])=C([2H])C(=O)C(C)(C)C. The van der Waals surface area contributed by atoms with Crippen molar-refractivity contribution in [2.45, 2.75) is 103 Å². The van der Waals surface area contributed by atoms with Crippen LogP contribution in [0.2, 0.25) is 0 Å². The smallest absolute Gasteiger partial charge is 0.210 e. The number of carbonyl (C=O) groups excluding carboxylic acids is 4. The molecule has 5 heteroatoms. The summed E-state index contributed by atoms with van der Waals surface area (Å²) >= 11 is 0. The second kappa shape index (κ2) is 17.2. The van der Waals surface area contributed by atoms with E-state index in [4.69, 9.17) is 10.5 Å². The molecular formula is C32H55NO4. The predicted molar refractivity (Wildman–Crippen MR) is 157 cm³/mol. The maximum absolute atomic E-state index is 11.4. The van der Waals surface area contributed by atoms with Crippen molar-refractivity contribution in [2.75, 3.05) is 19.6 Å². The molecule has 37 heavy (non-hydrogen) atoms. The molecule has 0 aromatic heterocycles. The van der Waals surface area contributed by atoms with Crippen molar-refractivity contribution >= 4 is 23.1 Å². The monoisotopic (exact) mass is 520 g/mol. The lowest BCUT2D eigenvalue weighted by molar-refractivity contribution is -0.126. The van der Waals surface area contributed by atoms with Gasteiger partial charge >= 0.3 is 0 Å². The van der Waals surface area contributed by atoms with Gasteiger partial charge in [-0.15, -0.1) is 6.42 Å². The van der Waals surface area contributed by atoms with Crippen LogP contribution in [-0.4, -0.2) is 47.7 Å². The van der Waals surface area contributed by atoms with Crippen LogP contribution in [0.3, 0.4) is 0 Å². The normalized spacial score (nSPS) is 14.8. The highest BCUT2D eigenvalue weighted by molar-refractivity contribution is 5.98. The summed E-state index contributed by atoms with van der Waals surface area (Å²) < 4.78 is 20.5. The topological polar surface area (TPSA) is 71.5 Å². The summed E-state index contributed by atoms with van der Waals surface area (Å²) in [6, 6.07) is -0.516. The number of terminal acetylenes is 1. The van der Waals surface area contributed by atoms with Crippen LogP contribution in [0.4, 0.5) is 0 Å². The van der Waals surface area contributed by atoms with E-state index >= 15 is 0 Å². The molecule has 0 aromatic rings. The van der Waals surface area contributed by atoms with Crippen molar-refractivity contribution in [2.24, 2.45) is 21.7 Å². The minimum atomic E-state index is -0.718. The number of ketones is 4. The number of Topliss-reactive ketones (excluding diaryl/α,β-unsaturated/α-hetero) is 2. The molecule has 0 aromatic carbocycles. The predicted octanol–water partition coefficient (Wildman–Crippen LogP) is 6.90. The molecule has 0 saturated carbocycles. The molecule has 0 aliphatic carbocycles. The lowest BCUT2D eigenvalue weighted by Crippen LogP contribution is -2.37. The van der Waals surface area contributed by atoms with Gasteiger partial charge in [0.15, 0.2) is 11.6 Å². The molecule has 212 valence electrons. The van der Waals surface area contributed by atoms with Crippen molar-refractivity contribution in [1.82, 2.24) is 4.90 Å². The molecular weight excluding hydrogens is 462 g/mol. The second-order valence-corrected chi connectivity index (χ2v) is 13.1. The molecule has 1 saturated heterocycles. The van der Waals surface area contributed by atoms with Crippen molar-refractivity contribution in [3.8, 4) is 12.3 Å².